The monoisotopic (exact) mass is 500 g/mol. The van der Waals surface area contributed by atoms with E-state index in [1.807, 2.05) is 4.57 Å². The van der Waals surface area contributed by atoms with E-state index in [2.05, 4.69) is 4.98 Å². The van der Waals surface area contributed by atoms with E-state index in [9.17, 15) is 30.7 Å². The van der Waals surface area contributed by atoms with Gasteiger partial charge in [0.15, 0.2) is 0 Å². The van der Waals surface area contributed by atoms with Gasteiger partial charge >= 0.3 is 12.4 Å². The highest BCUT2D eigenvalue weighted by atomic mass is 19.4. The summed E-state index contributed by atoms with van der Waals surface area (Å²) < 4.78 is 101. The van der Waals surface area contributed by atoms with Gasteiger partial charge in [0.1, 0.15) is 5.82 Å². The molecule has 1 fully saturated rings. The lowest BCUT2D eigenvalue weighted by Gasteiger charge is -2.29. The van der Waals surface area contributed by atoms with Crippen molar-refractivity contribution in [3.63, 3.8) is 0 Å². The van der Waals surface area contributed by atoms with E-state index >= 15 is 0 Å². The zero-order chi connectivity index (χ0) is 25.4. The number of nitrogens with zero attached hydrogens (tertiary/aromatic N) is 2. The van der Waals surface area contributed by atoms with Crippen LogP contribution in [0.15, 0.2) is 61.2 Å². The van der Waals surface area contributed by atoms with Crippen LogP contribution in [-0.2, 0) is 23.6 Å². The van der Waals surface area contributed by atoms with Crippen LogP contribution in [-0.4, -0.2) is 15.7 Å². The lowest BCUT2D eigenvalue weighted by Crippen LogP contribution is -2.24. The average molecular weight is 500 g/mol. The number of ether oxygens (including phenoxy) is 1. The molecule has 0 aliphatic heterocycles. The summed E-state index contributed by atoms with van der Waals surface area (Å²) in [6.45, 7) is 2.04. The summed E-state index contributed by atoms with van der Waals surface area (Å²) >= 11 is 0. The molecule has 188 valence electrons. The lowest BCUT2D eigenvalue weighted by atomic mass is 9.87. The number of hydrogen-bond acceptors (Lipinski definition) is 2. The van der Waals surface area contributed by atoms with Gasteiger partial charge in [0.25, 0.3) is 0 Å². The molecule has 0 N–H and O–H groups in total. The van der Waals surface area contributed by atoms with Crippen molar-refractivity contribution in [3.05, 3.63) is 89.3 Å². The van der Waals surface area contributed by atoms with Gasteiger partial charge in [-0.15, -0.1) is 0 Å². The quantitative estimate of drug-likeness (QED) is 0.330. The molecule has 0 unspecified atom stereocenters. The van der Waals surface area contributed by atoms with Gasteiger partial charge in [-0.1, -0.05) is 12.1 Å². The van der Waals surface area contributed by atoms with E-state index in [4.69, 9.17) is 4.74 Å². The predicted octanol–water partition coefficient (Wildman–Crippen LogP) is 7.40. The maximum atomic E-state index is 13.5. The lowest BCUT2D eigenvalue weighted by molar-refractivity contribution is -0.143. The Balaban J connectivity index is 1.63. The number of imidazole rings is 1. The molecule has 4 rings (SSSR count). The van der Waals surface area contributed by atoms with E-state index in [0.29, 0.717) is 31.5 Å². The van der Waals surface area contributed by atoms with Crippen molar-refractivity contribution in [1.29, 1.82) is 0 Å². The molecule has 3 aromatic rings. The average Bonchev–Trinajstić information content (AvgIpc) is 3.43. The molecule has 0 radical (unpaired) electrons. The molecule has 0 amide bonds. The second kappa shape index (κ2) is 9.64. The maximum Gasteiger partial charge on any atom is 0.416 e. The van der Waals surface area contributed by atoms with Crippen LogP contribution in [0.25, 0.3) is 0 Å². The number of alkyl halides is 6. The van der Waals surface area contributed by atoms with E-state index in [-0.39, 0.29) is 23.5 Å². The minimum absolute atomic E-state index is 0.0547. The van der Waals surface area contributed by atoms with Gasteiger partial charge in [0.2, 0.25) is 0 Å². The van der Waals surface area contributed by atoms with Crippen LogP contribution >= 0.6 is 0 Å². The zero-order valence-electron chi connectivity index (χ0n) is 18.7. The summed E-state index contributed by atoms with van der Waals surface area (Å²) in [5.41, 5.74) is -2.16. The van der Waals surface area contributed by atoms with Crippen LogP contribution in [0.2, 0.25) is 0 Å². The molecule has 0 spiro atoms. The summed E-state index contributed by atoms with van der Waals surface area (Å²) in [7, 11) is 0. The van der Waals surface area contributed by atoms with Gasteiger partial charge in [-0.25, -0.2) is 9.37 Å². The van der Waals surface area contributed by atoms with Crippen molar-refractivity contribution in [2.24, 2.45) is 5.92 Å². The third-order valence-corrected chi connectivity index (χ3v) is 6.45. The number of hydrogen-bond donors (Lipinski definition) is 0. The highest BCUT2D eigenvalue weighted by Crippen LogP contribution is 2.45. The molecule has 3 nitrogen and oxygen atoms in total. The first-order valence-corrected chi connectivity index (χ1v) is 11.1. The van der Waals surface area contributed by atoms with Gasteiger partial charge in [0, 0.05) is 24.9 Å². The summed E-state index contributed by atoms with van der Waals surface area (Å²) in [4.78, 5) is 4.04. The Morgan fingerprint density at radius 1 is 0.971 bits per heavy atom. The maximum absolute atomic E-state index is 13.5. The fourth-order valence-corrected chi connectivity index (χ4v) is 4.79. The van der Waals surface area contributed by atoms with Crippen LogP contribution in [0.3, 0.4) is 0 Å². The summed E-state index contributed by atoms with van der Waals surface area (Å²) in [6, 6.07) is 7.43. The van der Waals surface area contributed by atoms with Crippen molar-refractivity contribution >= 4 is 0 Å². The summed E-state index contributed by atoms with van der Waals surface area (Å²) in [6.07, 6.45) is -4.99. The standard InChI is InChI=1S/C25H23F7N2O/c1-15(18-10-19(24(27,28)29)12-20(11-18)25(30,31)32)35-22-7-4-17(13-34-9-8-33-14-34)23(22)16-2-5-21(26)6-3-16/h2-3,5-6,8-12,14-15,17,22-23H,4,7,13H2,1H3/t15-,17+,22+,23+/m1/s1. The van der Waals surface area contributed by atoms with Crippen LogP contribution in [0.4, 0.5) is 30.7 Å². The molecule has 1 saturated carbocycles. The van der Waals surface area contributed by atoms with Crippen LogP contribution in [0.5, 0.6) is 0 Å². The molecular weight excluding hydrogens is 477 g/mol. The molecule has 1 aliphatic carbocycles. The second-order valence-electron chi connectivity index (χ2n) is 8.83. The Morgan fingerprint density at radius 2 is 1.60 bits per heavy atom. The van der Waals surface area contributed by atoms with Crippen molar-refractivity contribution in [2.45, 2.75) is 56.8 Å². The van der Waals surface area contributed by atoms with Crippen molar-refractivity contribution in [1.82, 2.24) is 9.55 Å². The van der Waals surface area contributed by atoms with Gasteiger partial charge in [-0.2, -0.15) is 26.3 Å². The van der Waals surface area contributed by atoms with Gasteiger partial charge in [0.05, 0.1) is 29.7 Å². The van der Waals surface area contributed by atoms with Crippen LogP contribution in [0.1, 0.15) is 54.0 Å². The fourth-order valence-electron chi connectivity index (χ4n) is 4.79. The minimum Gasteiger partial charge on any atom is -0.370 e. The Morgan fingerprint density at radius 3 is 2.14 bits per heavy atom. The first kappa shape index (κ1) is 25.2. The van der Waals surface area contributed by atoms with E-state index < -0.39 is 41.5 Å². The zero-order valence-corrected chi connectivity index (χ0v) is 18.7. The summed E-state index contributed by atoms with van der Waals surface area (Å²) in [5, 5.41) is 0. The second-order valence-corrected chi connectivity index (χ2v) is 8.83. The number of rotatable bonds is 6. The Hall–Kier alpha value is -2.88. The summed E-state index contributed by atoms with van der Waals surface area (Å²) in [5.74, 6) is -0.583. The van der Waals surface area contributed by atoms with Crippen molar-refractivity contribution < 1.29 is 35.5 Å². The Labute approximate surface area is 197 Å². The molecule has 10 heteroatoms. The number of benzene rings is 2. The highest BCUT2D eigenvalue weighted by molar-refractivity contribution is 5.35. The molecule has 1 aromatic heterocycles. The minimum atomic E-state index is -4.93. The normalized spacial score (nSPS) is 21.9. The number of aromatic nitrogens is 2. The fraction of sp³-hybridized carbons (Fsp3) is 0.400. The Kier molecular flexibility index (Phi) is 6.95. The van der Waals surface area contributed by atoms with Crippen LogP contribution in [0, 0.1) is 11.7 Å². The van der Waals surface area contributed by atoms with Gasteiger partial charge in [-0.3, -0.25) is 0 Å². The van der Waals surface area contributed by atoms with E-state index in [1.165, 1.54) is 19.1 Å². The molecule has 35 heavy (non-hydrogen) atoms. The largest absolute Gasteiger partial charge is 0.416 e. The highest BCUT2D eigenvalue weighted by Gasteiger charge is 2.40. The SMILES string of the molecule is C[C@@H](O[C@H]1CC[C@@H](Cn2ccnc2)[C@@H]1c1ccc(F)cc1)c1cc(C(F)(F)F)cc(C(F)(F)F)c1. The van der Waals surface area contributed by atoms with Crippen molar-refractivity contribution in [2.75, 3.05) is 0 Å². The molecular formula is C25H23F7N2O. The molecule has 1 aliphatic rings. The molecule has 0 bridgehead atoms. The molecule has 2 aromatic carbocycles. The van der Waals surface area contributed by atoms with E-state index in [0.717, 1.165) is 5.56 Å². The third kappa shape index (κ3) is 5.86. The third-order valence-electron chi connectivity index (χ3n) is 6.45. The van der Waals surface area contributed by atoms with E-state index in [1.54, 1.807) is 30.9 Å². The van der Waals surface area contributed by atoms with Gasteiger partial charge < -0.3 is 9.30 Å². The smallest absolute Gasteiger partial charge is 0.370 e. The molecule has 0 saturated heterocycles. The predicted molar refractivity (Wildman–Crippen MR) is 114 cm³/mol. The molecule has 4 atom stereocenters. The first-order valence-electron chi connectivity index (χ1n) is 11.1. The first-order chi connectivity index (χ1) is 16.4. The van der Waals surface area contributed by atoms with Crippen LogP contribution < -0.4 is 0 Å². The van der Waals surface area contributed by atoms with Gasteiger partial charge in [-0.05, 0) is 67.1 Å². The topological polar surface area (TPSA) is 27.1 Å². The van der Waals surface area contributed by atoms with Crippen molar-refractivity contribution in [3.8, 4) is 0 Å². The molecule has 1 heterocycles. The Bertz CT molecular complexity index is 1090. The number of halogens is 7.